The van der Waals surface area contributed by atoms with Crippen LogP contribution in [0.15, 0.2) is 18.2 Å². The van der Waals surface area contributed by atoms with Crippen LogP contribution in [0.2, 0.25) is 10.0 Å². The molecule has 0 bridgehead atoms. The number of carbonyl (C=O) groups is 3. The van der Waals surface area contributed by atoms with Crippen molar-refractivity contribution in [2.45, 2.75) is 18.0 Å². The van der Waals surface area contributed by atoms with Gasteiger partial charge in [-0.05, 0) is 30.5 Å². The Balaban J connectivity index is 1.71. The number of benzene rings is 1. The fourth-order valence-electron chi connectivity index (χ4n) is 3.79. The van der Waals surface area contributed by atoms with Crippen LogP contribution in [0.4, 0.5) is 10.5 Å². The van der Waals surface area contributed by atoms with Crippen LogP contribution < -0.4 is 16.4 Å². The molecule has 0 unspecified atom stereocenters. The maximum Gasteiger partial charge on any atom is 0.324 e. The molecule has 3 rings (SSSR count). The van der Waals surface area contributed by atoms with E-state index in [9.17, 15) is 24.6 Å². The Bertz CT molecular complexity index is 753. The second-order valence-electron chi connectivity index (χ2n) is 6.38. The highest BCUT2D eigenvalue weighted by atomic mass is 35.5. The van der Waals surface area contributed by atoms with Crippen molar-refractivity contribution in [1.29, 1.82) is 0 Å². The Morgan fingerprint density at radius 3 is 2.28 bits per heavy atom. The normalized spacial score (nSPS) is 32.6. The van der Waals surface area contributed by atoms with Gasteiger partial charge in [-0.2, -0.15) is 0 Å². The minimum Gasteiger partial charge on any atom is -0.481 e. The SMILES string of the molecule is N[C@@]1(C(=O)O)C[C@H](NC(=O)Nc2cc(Cl)cc(Cl)c2)[C@H]2[C@H](C(=O)O)[C@H]21. The fourth-order valence-corrected chi connectivity index (χ4v) is 4.32. The fraction of sp³-hybridized carbons (Fsp3) is 0.400. The lowest BCUT2D eigenvalue weighted by Gasteiger charge is -2.25. The third-order valence-electron chi connectivity index (χ3n) is 4.81. The highest BCUT2D eigenvalue weighted by molar-refractivity contribution is 6.35. The van der Waals surface area contributed by atoms with Crippen LogP contribution in [0, 0.1) is 17.8 Å². The standard InChI is InChI=1S/C15H15Cl2N3O5/c16-5-1-6(17)3-7(2-5)19-14(25)20-8-4-15(18,13(23)24)11-9(8)10(11)12(21)22/h1-3,8-11H,4,18H2,(H,21,22)(H,23,24)(H2,19,20,25)/t8-,9-,10-,11-,15-/m0/s1. The summed E-state index contributed by atoms with van der Waals surface area (Å²) in [5, 5.41) is 24.4. The minimum absolute atomic E-state index is 0.0365. The molecule has 25 heavy (non-hydrogen) atoms. The molecule has 0 aliphatic heterocycles. The predicted octanol–water partition coefficient (Wildman–Crippen LogP) is 1.62. The predicted molar refractivity (Wildman–Crippen MR) is 89.7 cm³/mol. The summed E-state index contributed by atoms with van der Waals surface area (Å²) in [7, 11) is 0. The third-order valence-corrected chi connectivity index (χ3v) is 5.25. The zero-order valence-corrected chi connectivity index (χ0v) is 14.2. The molecular weight excluding hydrogens is 373 g/mol. The highest BCUT2D eigenvalue weighted by Gasteiger charge is 2.74. The van der Waals surface area contributed by atoms with Crippen molar-refractivity contribution >= 4 is 46.9 Å². The van der Waals surface area contributed by atoms with Crippen LogP contribution in [-0.4, -0.2) is 39.8 Å². The second kappa shape index (κ2) is 6.05. The summed E-state index contributed by atoms with van der Waals surface area (Å²) in [6, 6.07) is 3.22. The largest absolute Gasteiger partial charge is 0.481 e. The Labute approximate surface area is 152 Å². The average molecular weight is 388 g/mol. The Hall–Kier alpha value is -2.03. The molecule has 0 spiro atoms. The summed E-state index contributed by atoms with van der Waals surface area (Å²) in [4.78, 5) is 34.9. The minimum atomic E-state index is -1.66. The van der Waals surface area contributed by atoms with Crippen LogP contribution in [0.3, 0.4) is 0 Å². The molecule has 5 atom stereocenters. The summed E-state index contributed by atoms with van der Waals surface area (Å²) < 4.78 is 0. The average Bonchev–Trinajstić information content (AvgIpc) is 3.14. The number of fused-ring (bicyclic) bond motifs is 1. The topological polar surface area (TPSA) is 142 Å². The van der Waals surface area contributed by atoms with Gasteiger partial charge in [0.05, 0.1) is 5.92 Å². The number of carboxylic acids is 2. The lowest BCUT2D eigenvalue weighted by atomic mass is 9.90. The molecule has 8 nitrogen and oxygen atoms in total. The summed E-state index contributed by atoms with van der Waals surface area (Å²) in [6.45, 7) is 0. The van der Waals surface area contributed by atoms with Crippen LogP contribution in [-0.2, 0) is 9.59 Å². The van der Waals surface area contributed by atoms with Crippen molar-refractivity contribution in [2.75, 3.05) is 5.32 Å². The number of nitrogens with two attached hydrogens (primary N) is 1. The van der Waals surface area contributed by atoms with Gasteiger partial charge in [0.15, 0.2) is 0 Å². The number of urea groups is 1. The van der Waals surface area contributed by atoms with E-state index < -0.39 is 47.3 Å². The van der Waals surface area contributed by atoms with E-state index in [0.717, 1.165) is 0 Å². The highest BCUT2D eigenvalue weighted by Crippen LogP contribution is 2.61. The molecule has 1 aromatic carbocycles. The summed E-state index contributed by atoms with van der Waals surface area (Å²) in [5.74, 6) is -4.46. The molecule has 134 valence electrons. The molecule has 0 heterocycles. The molecule has 2 aliphatic carbocycles. The molecule has 1 aromatic rings. The molecular formula is C15H15Cl2N3O5. The summed E-state index contributed by atoms with van der Waals surface area (Å²) in [5.41, 5.74) is 4.60. The Morgan fingerprint density at radius 1 is 1.16 bits per heavy atom. The number of hydrogen-bond acceptors (Lipinski definition) is 4. The number of amides is 2. The first-order valence-electron chi connectivity index (χ1n) is 7.42. The number of rotatable bonds is 4. The first-order valence-corrected chi connectivity index (χ1v) is 8.18. The molecule has 0 saturated heterocycles. The molecule has 2 amide bonds. The number of nitrogens with one attached hydrogen (secondary N) is 2. The summed E-state index contributed by atoms with van der Waals surface area (Å²) >= 11 is 11.7. The van der Waals surface area contributed by atoms with E-state index >= 15 is 0 Å². The molecule has 0 radical (unpaired) electrons. The zero-order chi connectivity index (χ0) is 18.5. The molecule has 2 saturated carbocycles. The lowest BCUT2D eigenvalue weighted by molar-refractivity contribution is -0.145. The van der Waals surface area contributed by atoms with Gasteiger partial charge >= 0.3 is 18.0 Å². The first kappa shape index (κ1) is 17.8. The van der Waals surface area contributed by atoms with E-state index in [0.29, 0.717) is 15.7 Å². The van der Waals surface area contributed by atoms with Crippen molar-refractivity contribution in [2.24, 2.45) is 23.5 Å². The van der Waals surface area contributed by atoms with Gasteiger partial charge in [0.1, 0.15) is 5.54 Å². The van der Waals surface area contributed by atoms with E-state index in [1.54, 1.807) is 0 Å². The maximum atomic E-state index is 12.2. The zero-order valence-electron chi connectivity index (χ0n) is 12.7. The molecule has 2 aliphatic rings. The van der Waals surface area contributed by atoms with E-state index in [1.165, 1.54) is 18.2 Å². The number of anilines is 1. The quantitative estimate of drug-likeness (QED) is 0.531. The van der Waals surface area contributed by atoms with Crippen molar-refractivity contribution in [3.8, 4) is 0 Å². The number of carboxylic acid groups (broad SMARTS) is 2. The first-order chi connectivity index (χ1) is 11.6. The molecule has 2 fully saturated rings. The Morgan fingerprint density at radius 2 is 1.76 bits per heavy atom. The number of hydrogen-bond donors (Lipinski definition) is 5. The summed E-state index contributed by atoms with van der Waals surface area (Å²) in [6.07, 6.45) is -0.0365. The van der Waals surface area contributed by atoms with E-state index in [-0.39, 0.29) is 6.42 Å². The Kier molecular flexibility index (Phi) is 4.30. The third kappa shape index (κ3) is 3.12. The van der Waals surface area contributed by atoms with Gasteiger partial charge in [-0.1, -0.05) is 23.2 Å². The smallest absolute Gasteiger partial charge is 0.324 e. The van der Waals surface area contributed by atoms with Crippen molar-refractivity contribution in [3.63, 3.8) is 0 Å². The van der Waals surface area contributed by atoms with Gasteiger partial charge in [-0.25, -0.2) is 4.79 Å². The van der Waals surface area contributed by atoms with Gasteiger partial charge in [0.2, 0.25) is 0 Å². The van der Waals surface area contributed by atoms with Gasteiger partial charge < -0.3 is 26.6 Å². The van der Waals surface area contributed by atoms with Gasteiger partial charge in [0, 0.05) is 27.7 Å². The van der Waals surface area contributed by atoms with Crippen LogP contribution in [0.1, 0.15) is 6.42 Å². The van der Waals surface area contributed by atoms with Gasteiger partial charge in [0.25, 0.3) is 0 Å². The van der Waals surface area contributed by atoms with Crippen molar-refractivity contribution < 1.29 is 24.6 Å². The van der Waals surface area contributed by atoms with E-state index in [2.05, 4.69) is 10.6 Å². The van der Waals surface area contributed by atoms with Crippen molar-refractivity contribution in [1.82, 2.24) is 5.32 Å². The van der Waals surface area contributed by atoms with Gasteiger partial charge in [-0.15, -0.1) is 0 Å². The van der Waals surface area contributed by atoms with Crippen LogP contribution in [0.25, 0.3) is 0 Å². The maximum absolute atomic E-state index is 12.2. The molecule has 6 N–H and O–H groups in total. The molecule has 0 aromatic heterocycles. The van der Waals surface area contributed by atoms with Crippen molar-refractivity contribution in [3.05, 3.63) is 28.2 Å². The number of halogens is 2. The lowest BCUT2D eigenvalue weighted by Crippen LogP contribution is -2.52. The van der Waals surface area contributed by atoms with E-state index in [4.69, 9.17) is 28.9 Å². The van der Waals surface area contributed by atoms with Crippen LogP contribution >= 0.6 is 23.2 Å². The van der Waals surface area contributed by atoms with Crippen LogP contribution in [0.5, 0.6) is 0 Å². The van der Waals surface area contributed by atoms with Gasteiger partial charge in [-0.3, -0.25) is 9.59 Å². The van der Waals surface area contributed by atoms with E-state index in [1.807, 2.05) is 0 Å². The monoisotopic (exact) mass is 387 g/mol. The molecule has 10 heteroatoms. The number of aliphatic carboxylic acids is 2. The number of carbonyl (C=O) groups excluding carboxylic acids is 1. The second-order valence-corrected chi connectivity index (χ2v) is 7.25.